The molecule has 3 aromatic heterocycles. The van der Waals surface area contributed by atoms with Gasteiger partial charge < -0.3 is 0 Å². The molecule has 7 heteroatoms. The van der Waals surface area contributed by atoms with Gasteiger partial charge in [-0.3, -0.25) is 0 Å². The fraction of sp³-hybridized carbons (Fsp3) is 0.0263. The summed E-state index contributed by atoms with van der Waals surface area (Å²) < 4.78 is 0. The van der Waals surface area contributed by atoms with Crippen molar-refractivity contribution in [2.45, 2.75) is 6.42 Å². The van der Waals surface area contributed by atoms with Crippen molar-refractivity contribution in [2.75, 3.05) is 0 Å². The van der Waals surface area contributed by atoms with Gasteiger partial charge in [0, 0.05) is 16.7 Å². The molecule has 3 heterocycles. The minimum atomic E-state index is 0.191. The Hall–Kier alpha value is -6.39. The number of hydrogen-bond acceptors (Lipinski definition) is 7. The molecule has 9 aromatic rings. The lowest BCUT2D eigenvalue weighted by molar-refractivity contribution is 1.26. The van der Waals surface area contributed by atoms with Crippen molar-refractivity contribution in [3.63, 3.8) is 0 Å². The van der Waals surface area contributed by atoms with Crippen LogP contribution in [-0.2, 0) is 6.42 Å². The van der Waals surface area contributed by atoms with E-state index >= 15 is 0 Å². The highest BCUT2D eigenvalue weighted by atomic mass is 14.8. The number of benzene rings is 6. The van der Waals surface area contributed by atoms with Gasteiger partial charge in [0.1, 0.15) is 0 Å². The van der Waals surface area contributed by atoms with Crippen LogP contribution in [0.25, 0.3) is 88.5 Å². The Balaban J connectivity index is 1.48. The van der Waals surface area contributed by atoms with Crippen molar-refractivity contribution in [3.05, 3.63) is 121 Å². The smallest absolute Gasteiger partial charge is 0.0980 e. The zero-order valence-corrected chi connectivity index (χ0v) is 23.8. The van der Waals surface area contributed by atoms with Crippen molar-refractivity contribution in [1.29, 1.82) is 5.26 Å². The van der Waals surface area contributed by atoms with Gasteiger partial charge in [-0.15, -0.1) is 0 Å². The predicted molar refractivity (Wildman–Crippen MR) is 178 cm³/mol. The van der Waals surface area contributed by atoms with Crippen molar-refractivity contribution in [1.82, 2.24) is 29.9 Å². The number of fused-ring (bicyclic) bond motifs is 6. The molecule has 0 N–H and O–H groups in total. The summed E-state index contributed by atoms with van der Waals surface area (Å²) in [5.41, 5.74) is 13.7. The summed E-state index contributed by atoms with van der Waals surface area (Å²) in [7, 11) is 0. The highest BCUT2D eigenvalue weighted by molar-refractivity contribution is 6.12. The Morgan fingerprint density at radius 2 is 0.822 bits per heavy atom. The maximum absolute atomic E-state index is 9.99. The standard InChI is InChI=1S/C38H21N7/c39-21-20-22-16-18-32-37(44-29-13-5-2-10-26(29)41-32)34(22)35-23(17-19-33-38(35)45-30-14-6-3-11-27(30)42-33)24-8-7-15-31-36(24)43-28-12-4-1-9-25(28)40-31/h1-19H,20H2. The van der Waals surface area contributed by atoms with Gasteiger partial charge in [-0.2, -0.15) is 5.26 Å². The maximum Gasteiger partial charge on any atom is 0.0980 e. The van der Waals surface area contributed by atoms with E-state index in [0.717, 1.165) is 88.5 Å². The molecule has 0 amide bonds. The third kappa shape index (κ3) is 3.97. The van der Waals surface area contributed by atoms with E-state index in [9.17, 15) is 5.26 Å². The van der Waals surface area contributed by atoms with Crippen LogP contribution in [0.2, 0.25) is 0 Å². The van der Waals surface area contributed by atoms with E-state index in [4.69, 9.17) is 29.9 Å². The predicted octanol–water partition coefficient (Wildman–Crippen LogP) is 8.38. The highest BCUT2D eigenvalue weighted by Gasteiger charge is 2.23. The monoisotopic (exact) mass is 575 g/mol. The van der Waals surface area contributed by atoms with E-state index in [1.54, 1.807) is 0 Å². The van der Waals surface area contributed by atoms with Gasteiger partial charge in [0.25, 0.3) is 0 Å². The van der Waals surface area contributed by atoms with Gasteiger partial charge in [-0.05, 0) is 65.7 Å². The summed E-state index contributed by atoms with van der Waals surface area (Å²) in [6.07, 6.45) is 0.191. The van der Waals surface area contributed by atoms with Gasteiger partial charge >= 0.3 is 0 Å². The van der Waals surface area contributed by atoms with Gasteiger partial charge in [-0.25, -0.2) is 29.9 Å². The summed E-state index contributed by atoms with van der Waals surface area (Å²) in [6.45, 7) is 0. The van der Waals surface area contributed by atoms with E-state index in [-0.39, 0.29) is 6.42 Å². The van der Waals surface area contributed by atoms with Crippen LogP contribution >= 0.6 is 0 Å². The molecule has 0 radical (unpaired) electrons. The third-order valence-corrected chi connectivity index (χ3v) is 8.29. The minimum Gasteiger partial charge on any atom is -0.244 e. The van der Waals surface area contributed by atoms with Gasteiger partial charge in [0.15, 0.2) is 0 Å². The molecule has 0 saturated heterocycles. The molecule has 0 aliphatic carbocycles. The second kappa shape index (κ2) is 9.83. The molecule has 0 bridgehead atoms. The zero-order valence-electron chi connectivity index (χ0n) is 23.8. The number of nitrogens with zero attached hydrogens (tertiary/aromatic N) is 7. The van der Waals surface area contributed by atoms with E-state index < -0.39 is 0 Å². The van der Waals surface area contributed by atoms with E-state index in [1.165, 1.54) is 0 Å². The average Bonchev–Trinajstić information content (AvgIpc) is 3.08. The number of hydrogen-bond donors (Lipinski definition) is 0. The van der Waals surface area contributed by atoms with E-state index in [2.05, 4.69) is 18.2 Å². The molecule has 0 aliphatic rings. The van der Waals surface area contributed by atoms with Crippen LogP contribution in [0, 0.1) is 11.3 Å². The summed E-state index contributed by atoms with van der Waals surface area (Å²) in [4.78, 5) is 30.4. The molecule has 0 atom stereocenters. The first-order valence-electron chi connectivity index (χ1n) is 14.7. The quantitative estimate of drug-likeness (QED) is 0.195. The fourth-order valence-electron chi connectivity index (χ4n) is 6.26. The SMILES string of the molecule is N#CCc1ccc2nc3ccccc3nc2c1-c1c(-c2cccc3nc4ccccc4nc23)ccc2nc3ccccc3nc12. The Kier molecular flexibility index (Phi) is 5.49. The molecule has 208 valence electrons. The van der Waals surface area contributed by atoms with Crippen molar-refractivity contribution < 1.29 is 0 Å². The Morgan fingerprint density at radius 3 is 1.38 bits per heavy atom. The van der Waals surface area contributed by atoms with Crippen LogP contribution in [-0.4, -0.2) is 29.9 Å². The molecule has 9 rings (SSSR count). The molecule has 7 nitrogen and oxygen atoms in total. The van der Waals surface area contributed by atoms with E-state index in [1.807, 2.05) is 103 Å². The van der Waals surface area contributed by atoms with Crippen molar-refractivity contribution >= 4 is 66.2 Å². The molecular formula is C38H21N7. The number of para-hydroxylation sites is 7. The first-order chi connectivity index (χ1) is 22.2. The topological polar surface area (TPSA) is 101 Å². The lowest BCUT2D eigenvalue weighted by Crippen LogP contribution is -2.00. The fourth-order valence-corrected chi connectivity index (χ4v) is 6.26. The third-order valence-electron chi connectivity index (χ3n) is 8.29. The molecular weight excluding hydrogens is 554 g/mol. The highest BCUT2D eigenvalue weighted by Crippen LogP contribution is 2.43. The first kappa shape index (κ1) is 25.1. The lowest BCUT2D eigenvalue weighted by atomic mass is 9.88. The minimum absolute atomic E-state index is 0.191. The number of aromatic nitrogens is 6. The second-order valence-corrected chi connectivity index (χ2v) is 11.0. The Bertz CT molecular complexity index is 2710. The maximum atomic E-state index is 9.99. The van der Waals surface area contributed by atoms with Gasteiger partial charge in [0.05, 0.1) is 78.7 Å². The Morgan fingerprint density at radius 1 is 0.378 bits per heavy atom. The molecule has 0 unspecified atom stereocenters. The molecule has 0 fully saturated rings. The van der Waals surface area contributed by atoms with Crippen LogP contribution in [0.3, 0.4) is 0 Å². The largest absolute Gasteiger partial charge is 0.244 e. The van der Waals surface area contributed by atoms with Crippen molar-refractivity contribution in [3.8, 4) is 28.3 Å². The number of nitriles is 1. The Labute approximate surface area is 256 Å². The van der Waals surface area contributed by atoms with Crippen molar-refractivity contribution in [2.24, 2.45) is 0 Å². The summed E-state index contributed by atoms with van der Waals surface area (Å²) in [5.74, 6) is 0. The number of rotatable bonds is 3. The second-order valence-electron chi connectivity index (χ2n) is 11.0. The zero-order chi connectivity index (χ0) is 29.9. The van der Waals surface area contributed by atoms with Crippen LogP contribution in [0.4, 0.5) is 0 Å². The lowest BCUT2D eigenvalue weighted by Gasteiger charge is -2.18. The molecule has 0 spiro atoms. The summed E-state index contributed by atoms with van der Waals surface area (Å²) in [6, 6.07) is 40.1. The van der Waals surface area contributed by atoms with Crippen LogP contribution in [0.15, 0.2) is 115 Å². The average molecular weight is 576 g/mol. The molecule has 45 heavy (non-hydrogen) atoms. The van der Waals surface area contributed by atoms with Gasteiger partial charge in [0.2, 0.25) is 0 Å². The summed E-state index contributed by atoms with van der Waals surface area (Å²) >= 11 is 0. The van der Waals surface area contributed by atoms with Crippen LogP contribution < -0.4 is 0 Å². The molecule has 0 saturated carbocycles. The van der Waals surface area contributed by atoms with E-state index in [0.29, 0.717) is 5.52 Å². The normalized spacial score (nSPS) is 11.6. The van der Waals surface area contributed by atoms with Gasteiger partial charge in [-0.1, -0.05) is 60.7 Å². The van der Waals surface area contributed by atoms with Crippen LogP contribution in [0.1, 0.15) is 5.56 Å². The first-order valence-corrected chi connectivity index (χ1v) is 14.7. The molecule has 0 aliphatic heterocycles. The van der Waals surface area contributed by atoms with Crippen LogP contribution in [0.5, 0.6) is 0 Å². The summed E-state index contributed by atoms with van der Waals surface area (Å²) in [5, 5.41) is 9.99. The molecule has 6 aromatic carbocycles.